The zero-order chi connectivity index (χ0) is 16.9. The van der Waals surface area contributed by atoms with E-state index >= 15 is 0 Å². The molecule has 0 aliphatic rings. The summed E-state index contributed by atoms with van der Waals surface area (Å²) in [7, 11) is 1.56. The maximum atomic E-state index is 11.9. The summed E-state index contributed by atoms with van der Waals surface area (Å²) in [6, 6.07) is 3.42. The summed E-state index contributed by atoms with van der Waals surface area (Å²) in [5.74, 6) is 0.516. The second-order valence-corrected chi connectivity index (χ2v) is 6.96. The Kier molecular flexibility index (Phi) is 5.54. The van der Waals surface area contributed by atoms with Crippen LogP contribution in [0, 0.1) is 0 Å². The van der Waals surface area contributed by atoms with Gasteiger partial charge in [0, 0.05) is 29.1 Å². The largest absolute Gasteiger partial charge is 0.481 e. The van der Waals surface area contributed by atoms with Gasteiger partial charge in [-0.15, -0.1) is 11.3 Å². The highest BCUT2D eigenvalue weighted by molar-refractivity contribution is 7.09. The molecular weight excluding hydrogens is 312 g/mol. The van der Waals surface area contributed by atoms with Gasteiger partial charge in [-0.1, -0.05) is 26.8 Å². The number of hydrogen-bond acceptors (Lipinski definition) is 5. The fourth-order valence-electron chi connectivity index (χ4n) is 1.88. The van der Waals surface area contributed by atoms with Crippen LogP contribution in [0.4, 0.5) is 4.79 Å². The molecule has 0 saturated heterocycles. The number of rotatable bonds is 5. The summed E-state index contributed by atoms with van der Waals surface area (Å²) in [6.45, 7) is 7.13. The van der Waals surface area contributed by atoms with Crippen molar-refractivity contribution in [2.75, 3.05) is 7.11 Å². The number of aromatic nitrogens is 2. The Hall–Kier alpha value is -2.15. The zero-order valence-corrected chi connectivity index (χ0v) is 14.7. The van der Waals surface area contributed by atoms with Crippen LogP contribution >= 0.6 is 11.3 Å². The molecule has 0 aliphatic carbocycles. The average Bonchev–Trinajstić information content (AvgIpc) is 3.00. The van der Waals surface area contributed by atoms with Crippen molar-refractivity contribution in [3.8, 4) is 5.88 Å². The molecule has 0 atom stereocenters. The molecule has 0 unspecified atom stereocenters. The van der Waals surface area contributed by atoms with E-state index in [2.05, 4.69) is 41.4 Å². The van der Waals surface area contributed by atoms with Crippen molar-refractivity contribution in [2.24, 2.45) is 0 Å². The number of urea groups is 1. The minimum Gasteiger partial charge on any atom is -0.481 e. The maximum absolute atomic E-state index is 11.9. The second-order valence-electron chi connectivity index (χ2n) is 6.10. The van der Waals surface area contributed by atoms with Gasteiger partial charge in [0.25, 0.3) is 0 Å². The quantitative estimate of drug-likeness (QED) is 0.881. The van der Waals surface area contributed by atoms with Crippen LogP contribution < -0.4 is 15.4 Å². The first-order chi connectivity index (χ1) is 10.9. The molecule has 2 aromatic rings. The Morgan fingerprint density at radius 2 is 2.04 bits per heavy atom. The van der Waals surface area contributed by atoms with Gasteiger partial charge in [0.2, 0.25) is 5.88 Å². The number of ether oxygens (including phenoxy) is 1. The van der Waals surface area contributed by atoms with Crippen LogP contribution in [0.5, 0.6) is 5.88 Å². The number of hydrogen-bond donors (Lipinski definition) is 2. The molecule has 23 heavy (non-hydrogen) atoms. The number of nitrogens with zero attached hydrogens (tertiary/aromatic N) is 2. The van der Waals surface area contributed by atoms with E-state index in [1.54, 1.807) is 30.7 Å². The zero-order valence-electron chi connectivity index (χ0n) is 13.8. The van der Waals surface area contributed by atoms with Crippen LogP contribution in [-0.4, -0.2) is 23.1 Å². The van der Waals surface area contributed by atoms with Crippen molar-refractivity contribution in [3.05, 3.63) is 40.0 Å². The first-order valence-electron chi connectivity index (χ1n) is 7.34. The van der Waals surface area contributed by atoms with E-state index in [9.17, 15) is 4.79 Å². The van der Waals surface area contributed by atoms with E-state index in [4.69, 9.17) is 4.74 Å². The van der Waals surface area contributed by atoms with Gasteiger partial charge in [0.1, 0.15) is 0 Å². The molecule has 2 N–H and O–H groups in total. The lowest BCUT2D eigenvalue weighted by atomic mass is 9.98. The monoisotopic (exact) mass is 334 g/mol. The third-order valence-corrected chi connectivity index (χ3v) is 4.42. The number of amides is 2. The third kappa shape index (κ3) is 4.92. The van der Waals surface area contributed by atoms with Crippen LogP contribution in [0.15, 0.2) is 23.7 Å². The van der Waals surface area contributed by atoms with Crippen LogP contribution in [-0.2, 0) is 18.5 Å². The lowest BCUT2D eigenvalue weighted by Gasteiger charge is -2.13. The van der Waals surface area contributed by atoms with Crippen LogP contribution in [0.1, 0.15) is 37.0 Å². The Labute approximate surface area is 140 Å². The molecule has 2 heterocycles. The summed E-state index contributed by atoms with van der Waals surface area (Å²) in [6.07, 6.45) is 1.65. The standard InChI is InChI=1S/C16H22N4O2S/c1-16(2,3)14-20-12(10-23-14)9-19-15(21)18-8-11-6-5-7-17-13(11)22-4/h5-7,10H,8-9H2,1-4H3,(H2,18,19,21). The van der Waals surface area contributed by atoms with E-state index in [1.807, 2.05) is 11.4 Å². The molecule has 0 fully saturated rings. The lowest BCUT2D eigenvalue weighted by Crippen LogP contribution is -2.34. The smallest absolute Gasteiger partial charge is 0.315 e. The molecule has 0 radical (unpaired) electrons. The predicted octanol–water partition coefficient (Wildman–Crippen LogP) is 2.84. The molecule has 0 bridgehead atoms. The molecule has 0 spiro atoms. The highest BCUT2D eigenvalue weighted by atomic mass is 32.1. The Bertz CT molecular complexity index is 664. The van der Waals surface area contributed by atoms with Crippen molar-refractivity contribution in [1.29, 1.82) is 0 Å². The summed E-state index contributed by atoms with van der Waals surface area (Å²) in [4.78, 5) is 20.5. The predicted molar refractivity (Wildman–Crippen MR) is 90.7 cm³/mol. The molecule has 0 saturated carbocycles. The molecule has 124 valence electrons. The molecule has 7 heteroatoms. The van der Waals surface area contributed by atoms with Crippen LogP contribution in [0.2, 0.25) is 0 Å². The highest BCUT2D eigenvalue weighted by Crippen LogP contribution is 2.25. The number of carbonyl (C=O) groups excluding carboxylic acids is 1. The fourth-order valence-corrected chi connectivity index (χ4v) is 2.79. The molecule has 2 rings (SSSR count). The molecular formula is C16H22N4O2S. The van der Waals surface area contributed by atoms with Crippen LogP contribution in [0.3, 0.4) is 0 Å². The molecule has 2 amide bonds. The van der Waals surface area contributed by atoms with E-state index < -0.39 is 0 Å². The van der Waals surface area contributed by atoms with Gasteiger partial charge in [-0.25, -0.2) is 14.8 Å². The number of methoxy groups -OCH3 is 1. The molecule has 2 aromatic heterocycles. The fraction of sp³-hybridized carbons (Fsp3) is 0.438. The maximum Gasteiger partial charge on any atom is 0.315 e. The van der Waals surface area contributed by atoms with E-state index in [0.717, 1.165) is 16.3 Å². The van der Waals surface area contributed by atoms with Gasteiger partial charge in [-0.3, -0.25) is 0 Å². The van der Waals surface area contributed by atoms with Gasteiger partial charge < -0.3 is 15.4 Å². The van der Waals surface area contributed by atoms with Crippen molar-refractivity contribution in [1.82, 2.24) is 20.6 Å². The van der Waals surface area contributed by atoms with Gasteiger partial charge in [-0.05, 0) is 6.07 Å². The van der Waals surface area contributed by atoms with Crippen molar-refractivity contribution >= 4 is 17.4 Å². The number of nitrogens with one attached hydrogen (secondary N) is 2. The average molecular weight is 334 g/mol. The van der Waals surface area contributed by atoms with Crippen molar-refractivity contribution in [3.63, 3.8) is 0 Å². The summed E-state index contributed by atoms with van der Waals surface area (Å²) < 4.78 is 5.15. The SMILES string of the molecule is COc1ncccc1CNC(=O)NCc1csc(C(C)(C)C)n1. The highest BCUT2D eigenvalue weighted by Gasteiger charge is 2.18. The van der Waals surface area contributed by atoms with Gasteiger partial charge in [0.15, 0.2) is 0 Å². The van der Waals surface area contributed by atoms with Gasteiger partial charge in [0.05, 0.1) is 24.4 Å². The Morgan fingerprint density at radius 3 is 2.70 bits per heavy atom. The minimum absolute atomic E-state index is 0.0298. The van der Waals surface area contributed by atoms with Gasteiger partial charge >= 0.3 is 6.03 Å². The van der Waals surface area contributed by atoms with Gasteiger partial charge in [-0.2, -0.15) is 0 Å². The first-order valence-corrected chi connectivity index (χ1v) is 8.22. The molecule has 0 aromatic carbocycles. The number of carbonyl (C=O) groups is 1. The van der Waals surface area contributed by atoms with E-state index in [1.165, 1.54) is 0 Å². The van der Waals surface area contributed by atoms with Crippen LogP contribution in [0.25, 0.3) is 0 Å². The Morgan fingerprint density at radius 1 is 1.30 bits per heavy atom. The summed E-state index contributed by atoms with van der Waals surface area (Å²) in [5, 5.41) is 8.63. The minimum atomic E-state index is -0.249. The van der Waals surface area contributed by atoms with E-state index in [0.29, 0.717) is 19.0 Å². The lowest BCUT2D eigenvalue weighted by molar-refractivity contribution is 0.240. The summed E-state index contributed by atoms with van der Waals surface area (Å²) in [5.41, 5.74) is 1.73. The second kappa shape index (κ2) is 7.41. The number of pyridine rings is 1. The number of thiazole rings is 1. The topological polar surface area (TPSA) is 76.1 Å². The third-order valence-electron chi connectivity index (χ3n) is 3.11. The van der Waals surface area contributed by atoms with Crippen molar-refractivity contribution in [2.45, 2.75) is 39.3 Å². The molecule has 0 aliphatic heterocycles. The Balaban J connectivity index is 1.82. The van der Waals surface area contributed by atoms with E-state index in [-0.39, 0.29) is 11.4 Å². The summed E-state index contributed by atoms with van der Waals surface area (Å²) >= 11 is 1.62. The first kappa shape index (κ1) is 17.2. The normalized spacial score (nSPS) is 11.1. The molecule has 6 nitrogen and oxygen atoms in total. The van der Waals surface area contributed by atoms with Crippen molar-refractivity contribution < 1.29 is 9.53 Å².